The van der Waals surface area contributed by atoms with Crippen molar-refractivity contribution >= 4 is 109 Å². The molecule has 0 N–H and O–H groups in total. The lowest BCUT2D eigenvalue weighted by Crippen LogP contribution is -2.15. The number of anilines is 6. The number of para-hydroxylation sites is 1. The zero-order valence-corrected chi connectivity index (χ0v) is 52.8. The van der Waals surface area contributed by atoms with E-state index in [0.717, 1.165) is 34.1 Å². The van der Waals surface area contributed by atoms with Gasteiger partial charge in [-0.05, 0) is 253 Å². The molecular formula is C87H68N2S. The highest BCUT2D eigenvalue weighted by molar-refractivity contribution is 8.32. The van der Waals surface area contributed by atoms with Gasteiger partial charge in [-0.15, -0.1) is 0 Å². The van der Waals surface area contributed by atoms with Crippen molar-refractivity contribution in [2.75, 3.05) is 28.6 Å². The Labute approximate surface area is 529 Å². The Morgan fingerprint density at radius 2 is 0.622 bits per heavy atom. The largest absolute Gasteiger partial charge is 0.310 e. The lowest BCUT2D eigenvalue weighted by Gasteiger charge is -2.30. The summed E-state index contributed by atoms with van der Waals surface area (Å²) in [6.07, 6.45) is 7.14. The Morgan fingerprint density at radius 3 is 1.07 bits per heavy atom. The van der Waals surface area contributed by atoms with Crippen LogP contribution in [0.3, 0.4) is 0 Å². The van der Waals surface area contributed by atoms with Gasteiger partial charge in [0.25, 0.3) is 0 Å². The lowest BCUT2D eigenvalue weighted by atomic mass is 9.79. The van der Waals surface area contributed by atoms with Crippen molar-refractivity contribution in [3.8, 4) is 44.5 Å². The topological polar surface area (TPSA) is 6.48 Å². The molecule has 0 amide bonds. The Morgan fingerprint density at radius 1 is 0.256 bits per heavy atom. The van der Waals surface area contributed by atoms with E-state index in [9.17, 15) is 0 Å². The Hall–Kier alpha value is -10.2. The van der Waals surface area contributed by atoms with E-state index in [-0.39, 0.29) is 10.8 Å². The minimum atomic E-state index is -0.975. The van der Waals surface area contributed by atoms with Crippen molar-refractivity contribution in [2.45, 2.75) is 43.4 Å². The fourth-order valence-electron chi connectivity index (χ4n) is 15.5. The SMILES string of the molecule is CC1(C)c2cc(-c3c4ccc(N(c5ccc(S(C)(C)C)cc5)c5cccc6ccccc56)cc4c(-c4ccc5c(c4)C(C)(C)c4cc6ccccc6cc4-5)c4ccc(N(c5ccccc5)c5cccc6ccccc56)cc34)ccc2-c2cc3ccccc3cc21. The van der Waals surface area contributed by atoms with Crippen LogP contribution in [0.25, 0.3) is 109 Å². The van der Waals surface area contributed by atoms with Crippen LogP contribution in [0.2, 0.25) is 0 Å². The molecule has 0 radical (unpaired) electrons. The second kappa shape index (κ2) is 20.2. The van der Waals surface area contributed by atoms with Crippen LogP contribution in [0, 0.1) is 0 Å². The van der Waals surface area contributed by atoms with Gasteiger partial charge in [0.1, 0.15) is 0 Å². The molecule has 2 nitrogen and oxygen atoms in total. The van der Waals surface area contributed by atoms with E-state index < -0.39 is 10.0 Å². The Balaban J connectivity index is 0.987. The number of nitrogens with zero attached hydrogens (tertiary/aromatic N) is 2. The number of benzene rings is 15. The van der Waals surface area contributed by atoms with E-state index in [1.165, 1.54) is 136 Å². The fraction of sp³-hybridized carbons (Fsp3) is 0.103. The highest BCUT2D eigenvalue weighted by Gasteiger charge is 2.38. The molecule has 90 heavy (non-hydrogen) atoms. The Kier molecular flexibility index (Phi) is 12.1. The molecule has 15 aromatic rings. The first-order valence-corrected chi connectivity index (χ1v) is 34.4. The van der Waals surface area contributed by atoms with Crippen LogP contribution in [0.15, 0.2) is 290 Å². The van der Waals surface area contributed by atoms with Gasteiger partial charge in [0.15, 0.2) is 0 Å². The van der Waals surface area contributed by atoms with Gasteiger partial charge in [0, 0.05) is 44.4 Å². The van der Waals surface area contributed by atoms with E-state index in [1.807, 2.05) is 0 Å². The van der Waals surface area contributed by atoms with Gasteiger partial charge in [-0.3, -0.25) is 0 Å². The lowest BCUT2D eigenvalue weighted by molar-refractivity contribution is 0.661. The van der Waals surface area contributed by atoms with Crippen molar-refractivity contribution in [1.29, 1.82) is 0 Å². The summed E-state index contributed by atoms with van der Waals surface area (Å²) in [5.41, 5.74) is 21.7. The molecule has 0 atom stereocenters. The highest BCUT2D eigenvalue weighted by atomic mass is 32.3. The maximum Gasteiger partial charge on any atom is 0.0540 e. The van der Waals surface area contributed by atoms with Gasteiger partial charge >= 0.3 is 0 Å². The van der Waals surface area contributed by atoms with E-state index >= 15 is 0 Å². The number of fused-ring (bicyclic) bond motifs is 12. The van der Waals surface area contributed by atoms with Crippen molar-refractivity contribution in [3.05, 3.63) is 307 Å². The minimum absolute atomic E-state index is 0.253. The zero-order chi connectivity index (χ0) is 60.8. The summed E-state index contributed by atoms with van der Waals surface area (Å²) in [5.74, 6) is 0. The molecule has 0 heterocycles. The maximum absolute atomic E-state index is 2.55. The van der Waals surface area contributed by atoms with Crippen LogP contribution in [0.5, 0.6) is 0 Å². The quantitative estimate of drug-likeness (QED) is 0.133. The molecule has 0 aliphatic heterocycles. The number of rotatable bonds is 9. The summed E-state index contributed by atoms with van der Waals surface area (Å²) in [7, 11) is -0.975. The van der Waals surface area contributed by atoms with Crippen LogP contribution in [0.4, 0.5) is 34.1 Å². The third-order valence-electron chi connectivity index (χ3n) is 20.1. The van der Waals surface area contributed by atoms with Crippen LogP contribution >= 0.6 is 10.0 Å². The molecule has 17 rings (SSSR count). The fourth-order valence-corrected chi connectivity index (χ4v) is 16.5. The van der Waals surface area contributed by atoms with Crippen LogP contribution in [-0.4, -0.2) is 18.8 Å². The van der Waals surface area contributed by atoms with Crippen LogP contribution in [-0.2, 0) is 10.8 Å². The first-order chi connectivity index (χ1) is 43.8. The average Bonchev–Trinajstić information content (AvgIpc) is 1.33. The van der Waals surface area contributed by atoms with E-state index in [0.29, 0.717) is 0 Å². The molecule has 2 aliphatic carbocycles. The minimum Gasteiger partial charge on any atom is -0.310 e. The molecule has 15 aromatic carbocycles. The zero-order valence-electron chi connectivity index (χ0n) is 51.9. The predicted octanol–water partition coefficient (Wildman–Crippen LogP) is 24.5. The van der Waals surface area contributed by atoms with Gasteiger partial charge in [-0.1, -0.05) is 204 Å². The summed E-state index contributed by atoms with van der Waals surface area (Å²) in [6, 6.07) is 108. The van der Waals surface area contributed by atoms with Crippen LogP contribution < -0.4 is 9.80 Å². The van der Waals surface area contributed by atoms with Gasteiger partial charge in [-0.2, -0.15) is 0 Å². The third-order valence-corrected chi connectivity index (χ3v) is 21.8. The van der Waals surface area contributed by atoms with Crippen molar-refractivity contribution in [1.82, 2.24) is 0 Å². The summed E-state index contributed by atoms with van der Waals surface area (Å²) >= 11 is 0. The smallest absolute Gasteiger partial charge is 0.0540 e. The van der Waals surface area contributed by atoms with Gasteiger partial charge in [-0.25, -0.2) is 10.0 Å². The maximum atomic E-state index is 2.55. The normalized spacial score (nSPS) is 13.9. The number of hydrogen-bond donors (Lipinski definition) is 0. The molecule has 0 fully saturated rings. The molecule has 2 aliphatic rings. The first-order valence-electron chi connectivity index (χ1n) is 31.6. The van der Waals surface area contributed by atoms with Crippen molar-refractivity contribution in [3.63, 3.8) is 0 Å². The average molecular weight is 1170 g/mol. The molecule has 0 bridgehead atoms. The molecular weight excluding hydrogens is 1110 g/mol. The molecule has 0 spiro atoms. The molecule has 432 valence electrons. The second-order valence-corrected chi connectivity index (χ2v) is 30.9. The first kappa shape index (κ1) is 54.0. The Bertz CT molecular complexity index is 5460. The molecule has 3 heteroatoms. The van der Waals surface area contributed by atoms with E-state index in [2.05, 4.69) is 341 Å². The van der Waals surface area contributed by atoms with Gasteiger partial charge < -0.3 is 9.80 Å². The number of hydrogen-bond acceptors (Lipinski definition) is 2. The van der Waals surface area contributed by atoms with E-state index in [4.69, 9.17) is 0 Å². The molecule has 0 saturated carbocycles. The van der Waals surface area contributed by atoms with Crippen molar-refractivity contribution < 1.29 is 0 Å². The van der Waals surface area contributed by atoms with Gasteiger partial charge in [0.05, 0.1) is 11.4 Å². The summed E-state index contributed by atoms with van der Waals surface area (Å²) in [5, 5.41) is 14.7. The highest BCUT2D eigenvalue weighted by Crippen LogP contribution is 2.57. The summed E-state index contributed by atoms with van der Waals surface area (Å²) < 4.78 is 0. The van der Waals surface area contributed by atoms with Crippen LogP contribution in [0.1, 0.15) is 49.9 Å². The second-order valence-electron chi connectivity index (χ2n) is 26.8. The predicted molar refractivity (Wildman–Crippen MR) is 390 cm³/mol. The molecule has 0 unspecified atom stereocenters. The van der Waals surface area contributed by atoms with E-state index in [1.54, 1.807) is 0 Å². The molecule has 0 saturated heterocycles. The standard InChI is InChI=1S/C87H68N2S/c1-86(2)78-51-61(35-43-70(78)74-47-57-23-11-13-25-59(57)49-80(74)86)84-73-46-40-66(89(64-37-41-67(42-38-64)90(5,6)7)83-34-20-28-56-22-16-18-32-69(56)83)54-77(73)85(62-36-44-71-75-48-58-24-12-14-26-60(58)50-81(75)87(3,4)79(71)52-62)72-45-39-65(53-76(72)84)88(63-29-9-8-10-30-63)82-33-19-27-55-21-15-17-31-68(55)82/h8-54H,1-7H3. The van der Waals surface area contributed by atoms with Gasteiger partial charge in [0.2, 0.25) is 0 Å². The third kappa shape index (κ3) is 8.40. The summed E-state index contributed by atoms with van der Waals surface area (Å²) in [6.45, 7) is 9.71. The monoisotopic (exact) mass is 1170 g/mol. The van der Waals surface area contributed by atoms with Crippen molar-refractivity contribution in [2.24, 2.45) is 0 Å². The molecule has 0 aromatic heterocycles. The summed E-state index contributed by atoms with van der Waals surface area (Å²) in [4.78, 5) is 6.36.